The summed E-state index contributed by atoms with van der Waals surface area (Å²) in [7, 11) is 0. The predicted molar refractivity (Wildman–Crippen MR) is 66.3 cm³/mol. The molecule has 1 amide bonds. The molecule has 1 N–H and O–H groups in total. The molecule has 1 aromatic carbocycles. The van der Waals surface area contributed by atoms with Gasteiger partial charge in [0.25, 0.3) is 0 Å². The van der Waals surface area contributed by atoms with E-state index in [0.717, 1.165) is 15.8 Å². The van der Waals surface area contributed by atoms with Crippen molar-refractivity contribution in [2.75, 3.05) is 0 Å². The van der Waals surface area contributed by atoms with Gasteiger partial charge in [-0.1, -0.05) is 19.9 Å². The third kappa shape index (κ3) is 2.39. The number of thiazole rings is 1. The summed E-state index contributed by atoms with van der Waals surface area (Å²) in [5.74, 6) is 0.122. The molecular weight excluding hydrogens is 220 g/mol. The molecule has 0 unspecified atom stereocenters. The van der Waals surface area contributed by atoms with Crippen LogP contribution in [0.5, 0.6) is 0 Å². The van der Waals surface area contributed by atoms with Crippen molar-refractivity contribution in [2.24, 2.45) is 5.92 Å². The van der Waals surface area contributed by atoms with E-state index in [9.17, 15) is 4.79 Å². The summed E-state index contributed by atoms with van der Waals surface area (Å²) in [5.41, 5.74) is 3.97. The van der Waals surface area contributed by atoms with E-state index in [1.807, 2.05) is 31.5 Å². The van der Waals surface area contributed by atoms with E-state index in [-0.39, 0.29) is 11.8 Å². The summed E-state index contributed by atoms with van der Waals surface area (Å²) in [6.07, 6.45) is 0. The second-order valence-electron chi connectivity index (χ2n) is 4.03. The number of amides is 1. The number of aromatic nitrogens is 1. The van der Waals surface area contributed by atoms with Crippen LogP contribution in [-0.2, 0) is 11.3 Å². The summed E-state index contributed by atoms with van der Waals surface area (Å²) in [6, 6.07) is 6.07. The Labute approximate surface area is 98.5 Å². The van der Waals surface area contributed by atoms with Crippen molar-refractivity contribution in [3.8, 4) is 0 Å². The van der Waals surface area contributed by atoms with Crippen molar-refractivity contribution in [3.05, 3.63) is 29.3 Å². The Hall–Kier alpha value is -1.42. The number of carbonyl (C=O) groups excluding carboxylic acids is 1. The molecule has 1 heterocycles. The summed E-state index contributed by atoms with van der Waals surface area (Å²) in [4.78, 5) is 15.6. The van der Waals surface area contributed by atoms with Crippen LogP contribution >= 0.6 is 11.3 Å². The first-order valence-electron chi connectivity index (χ1n) is 5.26. The van der Waals surface area contributed by atoms with Gasteiger partial charge in [0.05, 0.1) is 15.7 Å². The van der Waals surface area contributed by atoms with E-state index in [1.165, 1.54) is 0 Å². The van der Waals surface area contributed by atoms with Crippen LogP contribution in [0.4, 0.5) is 0 Å². The Morgan fingerprint density at radius 3 is 3.06 bits per heavy atom. The van der Waals surface area contributed by atoms with Crippen LogP contribution in [0, 0.1) is 5.92 Å². The number of rotatable bonds is 3. The van der Waals surface area contributed by atoms with Gasteiger partial charge in [0, 0.05) is 12.5 Å². The molecule has 16 heavy (non-hydrogen) atoms. The maximum absolute atomic E-state index is 11.4. The number of carbonyl (C=O) groups is 1. The standard InChI is InChI=1S/C12H14N2OS/c1-8(2)12(15)13-6-9-3-4-10-11(5-9)16-7-14-10/h3-5,7-8H,6H2,1-2H3,(H,13,15). The summed E-state index contributed by atoms with van der Waals surface area (Å²) in [5, 5.41) is 2.90. The highest BCUT2D eigenvalue weighted by molar-refractivity contribution is 7.16. The van der Waals surface area contributed by atoms with E-state index in [0.29, 0.717) is 6.54 Å². The van der Waals surface area contributed by atoms with Crippen LogP contribution < -0.4 is 5.32 Å². The second kappa shape index (κ2) is 4.61. The van der Waals surface area contributed by atoms with E-state index in [4.69, 9.17) is 0 Å². The molecule has 3 nitrogen and oxygen atoms in total. The Kier molecular flexibility index (Phi) is 3.19. The van der Waals surface area contributed by atoms with Crippen LogP contribution in [0.3, 0.4) is 0 Å². The molecule has 0 radical (unpaired) electrons. The van der Waals surface area contributed by atoms with Crippen LogP contribution in [0.2, 0.25) is 0 Å². The normalized spacial score (nSPS) is 10.9. The van der Waals surface area contributed by atoms with Gasteiger partial charge < -0.3 is 5.32 Å². The predicted octanol–water partition coefficient (Wildman–Crippen LogP) is 2.57. The summed E-state index contributed by atoms with van der Waals surface area (Å²) < 4.78 is 1.16. The fourth-order valence-electron chi connectivity index (χ4n) is 1.40. The number of hydrogen-bond acceptors (Lipinski definition) is 3. The van der Waals surface area contributed by atoms with Crippen molar-refractivity contribution in [2.45, 2.75) is 20.4 Å². The average Bonchev–Trinajstić information content (AvgIpc) is 2.72. The highest BCUT2D eigenvalue weighted by atomic mass is 32.1. The van der Waals surface area contributed by atoms with Crippen molar-refractivity contribution in [1.29, 1.82) is 0 Å². The van der Waals surface area contributed by atoms with Gasteiger partial charge in [0.2, 0.25) is 5.91 Å². The van der Waals surface area contributed by atoms with Gasteiger partial charge in [-0.3, -0.25) is 4.79 Å². The van der Waals surface area contributed by atoms with Crippen molar-refractivity contribution >= 4 is 27.5 Å². The zero-order chi connectivity index (χ0) is 11.5. The van der Waals surface area contributed by atoms with E-state index in [1.54, 1.807) is 11.3 Å². The van der Waals surface area contributed by atoms with E-state index < -0.39 is 0 Å². The third-order valence-electron chi connectivity index (χ3n) is 2.39. The Morgan fingerprint density at radius 1 is 1.50 bits per heavy atom. The Morgan fingerprint density at radius 2 is 2.31 bits per heavy atom. The van der Waals surface area contributed by atoms with Gasteiger partial charge in [0.1, 0.15) is 0 Å². The molecule has 2 rings (SSSR count). The molecule has 84 valence electrons. The first kappa shape index (κ1) is 11.1. The topological polar surface area (TPSA) is 42.0 Å². The number of hydrogen-bond donors (Lipinski definition) is 1. The van der Waals surface area contributed by atoms with Gasteiger partial charge in [-0.25, -0.2) is 4.98 Å². The maximum Gasteiger partial charge on any atom is 0.222 e. The molecule has 0 aliphatic heterocycles. The summed E-state index contributed by atoms with van der Waals surface area (Å²) in [6.45, 7) is 4.37. The molecule has 4 heteroatoms. The number of fused-ring (bicyclic) bond motifs is 1. The largest absolute Gasteiger partial charge is 0.352 e. The first-order chi connectivity index (χ1) is 7.66. The molecule has 0 fully saturated rings. The third-order valence-corrected chi connectivity index (χ3v) is 3.18. The minimum absolute atomic E-state index is 0.0344. The molecule has 0 atom stereocenters. The SMILES string of the molecule is CC(C)C(=O)NCc1ccc2ncsc2c1. The fourth-order valence-corrected chi connectivity index (χ4v) is 2.14. The Bertz CT molecular complexity index is 504. The lowest BCUT2D eigenvalue weighted by Crippen LogP contribution is -2.27. The van der Waals surface area contributed by atoms with Crippen LogP contribution in [-0.4, -0.2) is 10.9 Å². The maximum atomic E-state index is 11.4. The van der Waals surface area contributed by atoms with Gasteiger partial charge in [-0.15, -0.1) is 11.3 Å². The quantitative estimate of drug-likeness (QED) is 0.886. The summed E-state index contributed by atoms with van der Waals surface area (Å²) >= 11 is 1.62. The van der Waals surface area contributed by atoms with E-state index >= 15 is 0 Å². The Balaban J connectivity index is 2.06. The average molecular weight is 234 g/mol. The van der Waals surface area contributed by atoms with Gasteiger partial charge in [-0.05, 0) is 17.7 Å². The van der Waals surface area contributed by atoms with Crippen LogP contribution in [0.25, 0.3) is 10.2 Å². The van der Waals surface area contributed by atoms with Gasteiger partial charge in [-0.2, -0.15) is 0 Å². The smallest absolute Gasteiger partial charge is 0.222 e. The monoisotopic (exact) mass is 234 g/mol. The van der Waals surface area contributed by atoms with Gasteiger partial charge in [0.15, 0.2) is 0 Å². The van der Waals surface area contributed by atoms with Crippen molar-refractivity contribution < 1.29 is 4.79 Å². The lowest BCUT2D eigenvalue weighted by Gasteiger charge is -2.07. The molecule has 0 bridgehead atoms. The molecule has 0 saturated carbocycles. The minimum Gasteiger partial charge on any atom is -0.352 e. The lowest BCUT2D eigenvalue weighted by molar-refractivity contribution is -0.124. The minimum atomic E-state index is 0.0344. The highest BCUT2D eigenvalue weighted by Gasteiger charge is 2.06. The zero-order valence-corrected chi connectivity index (χ0v) is 10.2. The van der Waals surface area contributed by atoms with Crippen molar-refractivity contribution in [1.82, 2.24) is 10.3 Å². The lowest BCUT2D eigenvalue weighted by atomic mass is 10.2. The second-order valence-corrected chi connectivity index (χ2v) is 4.91. The number of benzene rings is 1. The molecule has 0 spiro atoms. The molecule has 2 aromatic rings. The highest BCUT2D eigenvalue weighted by Crippen LogP contribution is 2.18. The first-order valence-corrected chi connectivity index (χ1v) is 6.14. The zero-order valence-electron chi connectivity index (χ0n) is 9.36. The molecule has 1 aromatic heterocycles. The number of nitrogens with one attached hydrogen (secondary N) is 1. The number of nitrogens with zero attached hydrogens (tertiary/aromatic N) is 1. The molecule has 0 aliphatic carbocycles. The van der Waals surface area contributed by atoms with Crippen molar-refractivity contribution in [3.63, 3.8) is 0 Å². The van der Waals surface area contributed by atoms with E-state index in [2.05, 4.69) is 16.4 Å². The molecule has 0 aliphatic rings. The van der Waals surface area contributed by atoms with Gasteiger partial charge >= 0.3 is 0 Å². The fraction of sp³-hybridized carbons (Fsp3) is 0.333. The molecular formula is C12H14N2OS. The molecule has 0 saturated heterocycles. The van der Waals surface area contributed by atoms with Crippen LogP contribution in [0.15, 0.2) is 23.7 Å². The van der Waals surface area contributed by atoms with Crippen LogP contribution in [0.1, 0.15) is 19.4 Å².